The second kappa shape index (κ2) is 6.50. The van der Waals surface area contributed by atoms with Crippen molar-refractivity contribution in [1.29, 1.82) is 0 Å². The number of hydrogen-bond acceptors (Lipinski definition) is 4. The van der Waals surface area contributed by atoms with Crippen LogP contribution in [0.5, 0.6) is 0 Å². The maximum atomic E-state index is 11.9. The molecule has 0 atom stereocenters. The van der Waals surface area contributed by atoms with Gasteiger partial charge in [0.25, 0.3) is 5.91 Å². The lowest BCUT2D eigenvalue weighted by Gasteiger charge is -2.14. The molecule has 0 spiro atoms. The van der Waals surface area contributed by atoms with E-state index < -0.39 is 0 Å². The Morgan fingerprint density at radius 1 is 1.32 bits per heavy atom. The van der Waals surface area contributed by atoms with E-state index in [1.54, 1.807) is 12.4 Å². The molecule has 1 fully saturated rings. The fraction of sp³-hybridized carbons (Fsp3) is 0.643. The number of carbonyl (C=O) groups is 1. The third-order valence-electron chi connectivity index (χ3n) is 3.30. The molecule has 0 unspecified atom stereocenters. The maximum Gasteiger partial charge on any atom is 0.254 e. The average molecular weight is 262 g/mol. The monoisotopic (exact) mass is 262 g/mol. The average Bonchev–Trinajstić information content (AvgIpc) is 2.92. The molecule has 0 aliphatic carbocycles. The van der Waals surface area contributed by atoms with Crippen LogP contribution in [0.25, 0.3) is 0 Å². The molecule has 1 amide bonds. The van der Waals surface area contributed by atoms with E-state index in [2.05, 4.69) is 34.0 Å². The summed E-state index contributed by atoms with van der Waals surface area (Å²) in [5, 5.41) is 2.89. The number of rotatable bonds is 5. The van der Waals surface area contributed by atoms with Gasteiger partial charge in [0, 0.05) is 32.0 Å². The normalized spacial score (nSPS) is 15.0. The van der Waals surface area contributed by atoms with Crippen LogP contribution in [-0.4, -0.2) is 35.5 Å². The zero-order valence-electron chi connectivity index (χ0n) is 11.7. The Morgan fingerprint density at radius 3 is 2.53 bits per heavy atom. The Labute approximate surface area is 114 Å². The number of amides is 1. The fourth-order valence-corrected chi connectivity index (χ4v) is 2.10. The summed E-state index contributed by atoms with van der Waals surface area (Å²) < 4.78 is 0. The van der Waals surface area contributed by atoms with Crippen molar-refractivity contribution in [2.45, 2.75) is 33.1 Å². The summed E-state index contributed by atoms with van der Waals surface area (Å²) in [4.78, 5) is 22.6. The zero-order chi connectivity index (χ0) is 13.7. The molecule has 5 nitrogen and oxygen atoms in total. The summed E-state index contributed by atoms with van der Waals surface area (Å²) in [6.07, 6.45) is 6.61. The second-order valence-corrected chi connectivity index (χ2v) is 5.40. The van der Waals surface area contributed by atoms with Crippen LogP contribution in [0, 0.1) is 5.92 Å². The van der Waals surface area contributed by atoms with Gasteiger partial charge in [-0.2, -0.15) is 0 Å². The highest BCUT2D eigenvalue weighted by Crippen LogP contribution is 2.14. The van der Waals surface area contributed by atoms with Crippen LogP contribution in [-0.2, 0) is 0 Å². The summed E-state index contributed by atoms with van der Waals surface area (Å²) in [6.45, 7) is 7.00. The summed E-state index contributed by atoms with van der Waals surface area (Å²) in [6, 6.07) is 0. The van der Waals surface area contributed by atoms with Crippen molar-refractivity contribution in [3.8, 4) is 0 Å². The lowest BCUT2D eigenvalue weighted by Crippen LogP contribution is -2.26. The van der Waals surface area contributed by atoms with Crippen molar-refractivity contribution in [1.82, 2.24) is 15.3 Å². The fourth-order valence-electron chi connectivity index (χ4n) is 2.10. The van der Waals surface area contributed by atoms with Crippen LogP contribution in [0.1, 0.15) is 43.5 Å². The molecule has 0 radical (unpaired) electrons. The van der Waals surface area contributed by atoms with Crippen LogP contribution in [0.15, 0.2) is 12.4 Å². The van der Waals surface area contributed by atoms with Crippen molar-refractivity contribution in [3.05, 3.63) is 18.0 Å². The number of nitrogens with one attached hydrogen (secondary N) is 1. The highest BCUT2D eigenvalue weighted by atomic mass is 16.1. The number of carbonyl (C=O) groups excluding carboxylic acids is 1. The molecule has 0 saturated carbocycles. The van der Waals surface area contributed by atoms with Crippen molar-refractivity contribution < 1.29 is 4.79 Å². The molecule has 19 heavy (non-hydrogen) atoms. The molecular weight excluding hydrogens is 240 g/mol. The Balaban J connectivity index is 1.88. The molecule has 5 heteroatoms. The van der Waals surface area contributed by atoms with E-state index in [0.717, 1.165) is 25.5 Å². The van der Waals surface area contributed by atoms with Crippen molar-refractivity contribution in [2.75, 3.05) is 24.5 Å². The van der Waals surface area contributed by atoms with Gasteiger partial charge >= 0.3 is 0 Å². The first kappa shape index (κ1) is 13.8. The zero-order valence-corrected chi connectivity index (χ0v) is 11.7. The van der Waals surface area contributed by atoms with Gasteiger partial charge in [-0.25, -0.2) is 9.97 Å². The molecule has 1 aromatic heterocycles. The Morgan fingerprint density at radius 2 is 1.95 bits per heavy atom. The van der Waals surface area contributed by atoms with Gasteiger partial charge < -0.3 is 10.2 Å². The summed E-state index contributed by atoms with van der Waals surface area (Å²) in [5.74, 6) is 1.24. The largest absolute Gasteiger partial charge is 0.352 e. The standard InChI is InChI=1S/C14H22N4O/c1-11(2)5-6-15-13(19)12-9-16-14(17-10-12)18-7-3-4-8-18/h9-11H,3-8H2,1-2H3,(H,15,19). The lowest BCUT2D eigenvalue weighted by atomic mass is 10.1. The van der Waals surface area contributed by atoms with Gasteiger partial charge in [-0.1, -0.05) is 13.8 Å². The SMILES string of the molecule is CC(C)CCNC(=O)c1cnc(N2CCCC2)nc1. The Hall–Kier alpha value is -1.65. The van der Waals surface area contributed by atoms with Gasteiger partial charge in [0.05, 0.1) is 5.56 Å². The Kier molecular flexibility index (Phi) is 4.71. The minimum atomic E-state index is -0.0892. The van der Waals surface area contributed by atoms with Crippen LogP contribution >= 0.6 is 0 Å². The van der Waals surface area contributed by atoms with E-state index in [1.807, 2.05) is 0 Å². The number of anilines is 1. The second-order valence-electron chi connectivity index (χ2n) is 5.40. The molecule has 1 saturated heterocycles. The lowest BCUT2D eigenvalue weighted by molar-refractivity contribution is 0.0951. The number of nitrogens with zero attached hydrogens (tertiary/aromatic N) is 3. The smallest absolute Gasteiger partial charge is 0.254 e. The number of aromatic nitrogens is 2. The first-order valence-electron chi connectivity index (χ1n) is 7.02. The van der Waals surface area contributed by atoms with Gasteiger partial charge in [0.1, 0.15) is 0 Å². The third-order valence-corrected chi connectivity index (χ3v) is 3.30. The molecule has 0 bridgehead atoms. The molecule has 1 aliphatic heterocycles. The first-order chi connectivity index (χ1) is 9.16. The minimum Gasteiger partial charge on any atom is -0.352 e. The Bertz CT molecular complexity index is 410. The van der Waals surface area contributed by atoms with Crippen LogP contribution < -0.4 is 10.2 Å². The van der Waals surface area contributed by atoms with Crippen molar-refractivity contribution in [3.63, 3.8) is 0 Å². The van der Waals surface area contributed by atoms with Gasteiger partial charge in [-0.3, -0.25) is 4.79 Å². The van der Waals surface area contributed by atoms with E-state index in [0.29, 0.717) is 18.0 Å². The van der Waals surface area contributed by atoms with Crippen molar-refractivity contribution >= 4 is 11.9 Å². The molecular formula is C14H22N4O. The van der Waals surface area contributed by atoms with Crippen molar-refractivity contribution in [2.24, 2.45) is 5.92 Å². The molecule has 2 heterocycles. The van der Waals surface area contributed by atoms with E-state index >= 15 is 0 Å². The molecule has 1 aromatic rings. The summed E-state index contributed by atoms with van der Waals surface area (Å²) >= 11 is 0. The molecule has 1 N–H and O–H groups in total. The van der Waals surface area contributed by atoms with E-state index in [1.165, 1.54) is 12.8 Å². The predicted molar refractivity (Wildman–Crippen MR) is 75.3 cm³/mol. The van der Waals surface area contributed by atoms with E-state index in [-0.39, 0.29) is 5.91 Å². The molecule has 0 aromatic carbocycles. The first-order valence-corrected chi connectivity index (χ1v) is 7.02. The summed E-state index contributed by atoms with van der Waals surface area (Å²) in [7, 11) is 0. The van der Waals surface area contributed by atoms with Gasteiger partial charge in [0.2, 0.25) is 5.95 Å². The van der Waals surface area contributed by atoms with Crippen LogP contribution in [0.2, 0.25) is 0 Å². The highest BCUT2D eigenvalue weighted by Gasteiger charge is 2.15. The molecule has 104 valence electrons. The topological polar surface area (TPSA) is 58.1 Å². The van der Waals surface area contributed by atoms with Crippen LogP contribution in [0.4, 0.5) is 5.95 Å². The van der Waals surface area contributed by atoms with Gasteiger partial charge in [-0.05, 0) is 25.2 Å². The van der Waals surface area contributed by atoms with Gasteiger partial charge in [0.15, 0.2) is 0 Å². The van der Waals surface area contributed by atoms with E-state index in [4.69, 9.17) is 0 Å². The van der Waals surface area contributed by atoms with Crippen LogP contribution in [0.3, 0.4) is 0 Å². The highest BCUT2D eigenvalue weighted by molar-refractivity contribution is 5.93. The summed E-state index contributed by atoms with van der Waals surface area (Å²) in [5.41, 5.74) is 0.534. The third kappa shape index (κ3) is 3.91. The maximum absolute atomic E-state index is 11.9. The van der Waals surface area contributed by atoms with E-state index in [9.17, 15) is 4.79 Å². The molecule has 2 rings (SSSR count). The number of hydrogen-bond donors (Lipinski definition) is 1. The minimum absolute atomic E-state index is 0.0892. The van der Waals surface area contributed by atoms with Gasteiger partial charge in [-0.15, -0.1) is 0 Å². The quantitative estimate of drug-likeness (QED) is 0.880. The molecule has 1 aliphatic rings. The predicted octanol–water partition coefficient (Wildman–Crippen LogP) is 1.85.